The average Bonchev–Trinajstić information content (AvgIpc) is 3.02. The molecule has 1 atom stereocenters. The van der Waals surface area contributed by atoms with Crippen LogP contribution < -0.4 is 10.1 Å². The van der Waals surface area contributed by atoms with Crippen LogP contribution in [0.5, 0.6) is 11.5 Å². The maximum Gasteiger partial charge on any atom is 0.165 e. The van der Waals surface area contributed by atoms with E-state index in [4.69, 9.17) is 4.74 Å². The molecule has 1 aliphatic heterocycles. The molecule has 2 heterocycles. The van der Waals surface area contributed by atoms with E-state index >= 15 is 0 Å². The fourth-order valence-electron chi connectivity index (χ4n) is 2.45. The van der Waals surface area contributed by atoms with E-state index in [0.29, 0.717) is 6.04 Å². The van der Waals surface area contributed by atoms with Crippen molar-refractivity contribution in [2.45, 2.75) is 32.4 Å². The number of benzene rings is 1. The standard InChI is InChI=1S/C15H19N3O/c1-12-4-2-6-14(8-12)19-15-9-17-18(11-15)10-13-5-3-7-16-13/h2,4,6,8-9,11,13,16H,3,5,7,10H2,1H3. The zero-order valence-corrected chi connectivity index (χ0v) is 11.2. The van der Waals surface area contributed by atoms with Gasteiger partial charge in [-0.15, -0.1) is 0 Å². The predicted octanol–water partition coefficient (Wildman–Crippen LogP) is 2.74. The first-order valence-electron chi connectivity index (χ1n) is 6.80. The molecule has 19 heavy (non-hydrogen) atoms. The van der Waals surface area contributed by atoms with Crippen LogP contribution in [0.15, 0.2) is 36.7 Å². The second kappa shape index (κ2) is 5.45. The van der Waals surface area contributed by atoms with Gasteiger partial charge in [0.05, 0.1) is 18.9 Å². The molecule has 0 bridgehead atoms. The van der Waals surface area contributed by atoms with Crippen molar-refractivity contribution >= 4 is 0 Å². The van der Waals surface area contributed by atoms with E-state index < -0.39 is 0 Å². The van der Waals surface area contributed by atoms with E-state index in [0.717, 1.165) is 24.6 Å². The van der Waals surface area contributed by atoms with E-state index in [1.165, 1.54) is 18.4 Å². The number of ether oxygens (including phenoxy) is 1. The molecular formula is C15H19N3O. The van der Waals surface area contributed by atoms with Crippen molar-refractivity contribution in [3.63, 3.8) is 0 Å². The minimum absolute atomic E-state index is 0.548. The lowest BCUT2D eigenvalue weighted by Gasteiger charge is -2.09. The number of nitrogens with zero attached hydrogens (tertiary/aromatic N) is 2. The van der Waals surface area contributed by atoms with E-state index in [1.807, 2.05) is 29.1 Å². The first kappa shape index (κ1) is 12.2. The summed E-state index contributed by atoms with van der Waals surface area (Å²) >= 11 is 0. The van der Waals surface area contributed by atoms with Crippen LogP contribution in [0.2, 0.25) is 0 Å². The fourth-order valence-corrected chi connectivity index (χ4v) is 2.45. The van der Waals surface area contributed by atoms with Gasteiger partial charge in [-0.25, -0.2) is 0 Å². The van der Waals surface area contributed by atoms with Crippen LogP contribution in [0.3, 0.4) is 0 Å². The highest BCUT2D eigenvalue weighted by atomic mass is 16.5. The summed E-state index contributed by atoms with van der Waals surface area (Å²) < 4.78 is 7.75. The fraction of sp³-hybridized carbons (Fsp3) is 0.400. The molecule has 0 saturated carbocycles. The summed E-state index contributed by atoms with van der Waals surface area (Å²) in [5, 5.41) is 7.82. The van der Waals surface area contributed by atoms with Crippen LogP contribution >= 0.6 is 0 Å². The second-order valence-corrected chi connectivity index (χ2v) is 5.11. The van der Waals surface area contributed by atoms with Crippen LogP contribution in [0.25, 0.3) is 0 Å². The van der Waals surface area contributed by atoms with E-state index in [1.54, 1.807) is 6.20 Å². The number of hydrogen-bond donors (Lipinski definition) is 1. The molecule has 1 aromatic heterocycles. The van der Waals surface area contributed by atoms with Gasteiger partial charge in [0.15, 0.2) is 5.75 Å². The lowest BCUT2D eigenvalue weighted by molar-refractivity contribution is 0.465. The quantitative estimate of drug-likeness (QED) is 0.915. The highest BCUT2D eigenvalue weighted by Gasteiger charge is 2.14. The van der Waals surface area contributed by atoms with Gasteiger partial charge in [0.1, 0.15) is 5.75 Å². The Morgan fingerprint density at radius 2 is 2.37 bits per heavy atom. The second-order valence-electron chi connectivity index (χ2n) is 5.11. The lowest BCUT2D eigenvalue weighted by Crippen LogP contribution is -2.26. The minimum atomic E-state index is 0.548. The molecule has 3 rings (SSSR count). The molecule has 0 spiro atoms. The highest BCUT2D eigenvalue weighted by Crippen LogP contribution is 2.21. The molecule has 1 aliphatic rings. The summed E-state index contributed by atoms with van der Waals surface area (Å²) in [5.74, 6) is 1.65. The Labute approximate surface area is 113 Å². The largest absolute Gasteiger partial charge is 0.454 e. The third kappa shape index (κ3) is 3.15. The number of aryl methyl sites for hydroxylation is 1. The summed E-state index contributed by atoms with van der Waals surface area (Å²) in [6.07, 6.45) is 6.23. The van der Waals surface area contributed by atoms with Gasteiger partial charge in [0, 0.05) is 6.04 Å². The van der Waals surface area contributed by atoms with Gasteiger partial charge in [0.2, 0.25) is 0 Å². The van der Waals surface area contributed by atoms with Crippen LogP contribution in [0.4, 0.5) is 0 Å². The van der Waals surface area contributed by atoms with Crippen LogP contribution in [-0.2, 0) is 6.54 Å². The molecule has 2 aromatic rings. The monoisotopic (exact) mass is 257 g/mol. The van der Waals surface area contributed by atoms with Gasteiger partial charge >= 0.3 is 0 Å². The van der Waals surface area contributed by atoms with Crippen molar-refractivity contribution in [2.75, 3.05) is 6.54 Å². The number of hydrogen-bond acceptors (Lipinski definition) is 3. The van der Waals surface area contributed by atoms with Crippen LogP contribution in [-0.4, -0.2) is 22.4 Å². The molecule has 0 amide bonds. The van der Waals surface area contributed by atoms with Crippen molar-refractivity contribution in [3.05, 3.63) is 42.2 Å². The number of aromatic nitrogens is 2. The molecule has 1 N–H and O–H groups in total. The molecule has 4 heteroatoms. The Bertz CT molecular complexity index is 544. The SMILES string of the molecule is Cc1cccc(Oc2cnn(CC3CCCN3)c2)c1. The van der Waals surface area contributed by atoms with Crippen molar-refractivity contribution in [1.82, 2.24) is 15.1 Å². The molecule has 0 radical (unpaired) electrons. The summed E-state index contributed by atoms with van der Waals surface area (Å²) in [6, 6.07) is 8.59. The Morgan fingerprint density at radius 1 is 1.42 bits per heavy atom. The maximum atomic E-state index is 5.80. The first-order chi connectivity index (χ1) is 9.29. The summed E-state index contributed by atoms with van der Waals surface area (Å²) in [5.41, 5.74) is 1.19. The normalized spacial score (nSPS) is 18.7. The topological polar surface area (TPSA) is 39.1 Å². The molecule has 1 aromatic carbocycles. The molecule has 1 fully saturated rings. The van der Waals surface area contributed by atoms with Gasteiger partial charge in [-0.1, -0.05) is 12.1 Å². The lowest BCUT2D eigenvalue weighted by atomic mass is 10.2. The summed E-state index contributed by atoms with van der Waals surface area (Å²) in [7, 11) is 0. The molecule has 1 unspecified atom stereocenters. The molecule has 0 aliphatic carbocycles. The zero-order valence-electron chi connectivity index (χ0n) is 11.2. The van der Waals surface area contributed by atoms with Crippen molar-refractivity contribution in [3.8, 4) is 11.5 Å². The van der Waals surface area contributed by atoms with Gasteiger partial charge < -0.3 is 10.1 Å². The minimum Gasteiger partial charge on any atom is -0.454 e. The van der Waals surface area contributed by atoms with Crippen LogP contribution in [0.1, 0.15) is 18.4 Å². The van der Waals surface area contributed by atoms with Gasteiger partial charge in [0.25, 0.3) is 0 Å². The summed E-state index contributed by atoms with van der Waals surface area (Å²) in [6.45, 7) is 4.10. The zero-order chi connectivity index (χ0) is 13.1. The van der Waals surface area contributed by atoms with E-state index in [9.17, 15) is 0 Å². The smallest absolute Gasteiger partial charge is 0.165 e. The molecule has 4 nitrogen and oxygen atoms in total. The first-order valence-corrected chi connectivity index (χ1v) is 6.80. The molecule has 1 saturated heterocycles. The third-order valence-corrected chi connectivity index (χ3v) is 3.40. The number of rotatable bonds is 4. The Hall–Kier alpha value is -1.81. The molecule has 100 valence electrons. The summed E-state index contributed by atoms with van der Waals surface area (Å²) in [4.78, 5) is 0. The van der Waals surface area contributed by atoms with Crippen LogP contribution in [0, 0.1) is 6.92 Å². The van der Waals surface area contributed by atoms with Crippen molar-refractivity contribution < 1.29 is 4.74 Å². The Kier molecular flexibility index (Phi) is 3.51. The van der Waals surface area contributed by atoms with Gasteiger partial charge in [-0.05, 0) is 44.0 Å². The van der Waals surface area contributed by atoms with Crippen molar-refractivity contribution in [1.29, 1.82) is 0 Å². The van der Waals surface area contributed by atoms with Crippen molar-refractivity contribution in [2.24, 2.45) is 0 Å². The van der Waals surface area contributed by atoms with Gasteiger partial charge in [-0.2, -0.15) is 5.10 Å². The number of nitrogens with one attached hydrogen (secondary N) is 1. The Morgan fingerprint density at radius 3 is 3.16 bits per heavy atom. The predicted molar refractivity (Wildman–Crippen MR) is 74.5 cm³/mol. The third-order valence-electron chi connectivity index (χ3n) is 3.40. The Balaban J connectivity index is 1.64. The average molecular weight is 257 g/mol. The maximum absolute atomic E-state index is 5.80. The van der Waals surface area contributed by atoms with Gasteiger partial charge in [-0.3, -0.25) is 4.68 Å². The molecular weight excluding hydrogens is 238 g/mol. The highest BCUT2D eigenvalue weighted by molar-refractivity contribution is 5.31. The van der Waals surface area contributed by atoms with E-state index in [2.05, 4.69) is 23.4 Å². The van der Waals surface area contributed by atoms with E-state index in [-0.39, 0.29) is 0 Å².